The van der Waals surface area contributed by atoms with Gasteiger partial charge in [-0.1, -0.05) is 66.2 Å². The highest BCUT2D eigenvalue weighted by molar-refractivity contribution is 9.10. The van der Waals surface area contributed by atoms with Crippen LogP contribution in [0.2, 0.25) is 0 Å². The van der Waals surface area contributed by atoms with E-state index in [1.807, 2.05) is 32.0 Å². The number of halogens is 1. The molecular formula is C24H21BrN2O3. The lowest BCUT2D eigenvalue weighted by Crippen LogP contribution is -2.46. The van der Waals surface area contributed by atoms with E-state index in [0.717, 1.165) is 4.47 Å². The van der Waals surface area contributed by atoms with Crippen LogP contribution in [0.3, 0.4) is 0 Å². The number of carboxylic acids is 1. The first kappa shape index (κ1) is 21.5. The van der Waals surface area contributed by atoms with Crippen molar-refractivity contribution in [1.82, 2.24) is 4.98 Å². The Morgan fingerprint density at radius 1 is 1.07 bits per heavy atom. The number of aromatic nitrogens is 1. The Hall–Kier alpha value is -3.17. The summed E-state index contributed by atoms with van der Waals surface area (Å²) in [4.78, 5) is 17.2. The van der Waals surface area contributed by atoms with Gasteiger partial charge in [-0.15, -0.1) is 0 Å². The number of ether oxygens (including phenoxy) is 1. The van der Waals surface area contributed by atoms with Crippen molar-refractivity contribution in [1.29, 1.82) is 5.26 Å². The molecule has 5 nitrogen and oxygen atoms in total. The predicted octanol–water partition coefficient (Wildman–Crippen LogP) is 5.92. The number of pyridine rings is 1. The van der Waals surface area contributed by atoms with Gasteiger partial charge in [-0.2, -0.15) is 5.26 Å². The van der Waals surface area contributed by atoms with Gasteiger partial charge in [-0.25, -0.2) is 4.98 Å². The number of carbonyl (C=O) groups is 1. The maximum Gasteiger partial charge on any atom is 0.316 e. The molecule has 0 fully saturated rings. The van der Waals surface area contributed by atoms with E-state index >= 15 is 0 Å². The number of para-hydroxylation sites is 1. The molecule has 0 bridgehead atoms. The van der Waals surface area contributed by atoms with Gasteiger partial charge in [0.1, 0.15) is 17.1 Å². The van der Waals surface area contributed by atoms with Crippen LogP contribution in [-0.4, -0.2) is 16.1 Å². The summed E-state index contributed by atoms with van der Waals surface area (Å²) < 4.78 is 6.63. The topological polar surface area (TPSA) is 83.2 Å². The van der Waals surface area contributed by atoms with Crippen molar-refractivity contribution in [2.24, 2.45) is 5.92 Å². The third kappa shape index (κ3) is 4.07. The molecule has 0 saturated carbocycles. The minimum Gasteiger partial charge on any atom is -0.481 e. The first-order chi connectivity index (χ1) is 14.4. The number of hydrogen-bond donors (Lipinski definition) is 1. The van der Waals surface area contributed by atoms with Crippen molar-refractivity contribution in [3.05, 3.63) is 88.5 Å². The molecule has 1 N–H and O–H groups in total. The SMILES string of the molecule is CC(C)C(C(=O)O)(c1ccc(Br)cc1)C(C#N)c1cccc(Oc2ccccc2)n1. The molecule has 2 aromatic carbocycles. The number of aliphatic carboxylic acids is 1. The molecule has 0 aliphatic heterocycles. The van der Waals surface area contributed by atoms with Crippen LogP contribution in [0.5, 0.6) is 11.6 Å². The Labute approximate surface area is 184 Å². The molecule has 0 spiro atoms. The van der Waals surface area contributed by atoms with Crippen molar-refractivity contribution in [3.8, 4) is 17.7 Å². The fraction of sp³-hybridized carbons (Fsp3) is 0.208. The molecule has 0 saturated heterocycles. The lowest BCUT2D eigenvalue weighted by molar-refractivity contribution is -0.146. The quantitative estimate of drug-likeness (QED) is 0.468. The molecule has 6 heteroatoms. The van der Waals surface area contributed by atoms with Crippen molar-refractivity contribution < 1.29 is 14.6 Å². The van der Waals surface area contributed by atoms with Gasteiger partial charge < -0.3 is 9.84 Å². The van der Waals surface area contributed by atoms with Gasteiger partial charge in [0.05, 0.1) is 11.8 Å². The summed E-state index contributed by atoms with van der Waals surface area (Å²) in [6, 6.07) is 23.5. The van der Waals surface area contributed by atoms with Crippen LogP contribution in [0.25, 0.3) is 0 Å². The Bertz CT molecular complexity index is 1060. The molecule has 0 aliphatic carbocycles. The number of hydrogen-bond acceptors (Lipinski definition) is 4. The van der Waals surface area contributed by atoms with Gasteiger partial charge in [-0.05, 0) is 41.8 Å². The van der Waals surface area contributed by atoms with E-state index in [2.05, 4.69) is 27.0 Å². The van der Waals surface area contributed by atoms with Crippen molar-refractivity contribution >= 4 is 21.9 Å². The monoisotopic (exact) mass is 464 g/mol. The van der Waals surface area contributed by atoms with Gasteiger partial charge in [0.2, 0.25) is 5.88 Å². The minimum atomic E-state index is -1.48. The molecule has 30 heavy (non-hydrogen) atoms. The zero-order valence-corrected chi connectivity index (χ0v) is 18.2. The van der Waals surface area contributed by atoms with Gasteiger partial charge in [0.25, 0.3) is 0 Å². The zero-order valence-electron chi connectivity index (χ0n) is 16.6. The summed E-state index contributed by atoms with van der Waals surface area (Å²) in [5.74, 6) is -1.55. The minimum absolute atomic E-state index is 0.304. The molecule has 2 unspecified atom stereocenters. The van der Waals surface area contributed by atoms with Crippen LogP contribution in [0.4, 0.5) is 0 Å². The van der Waals surface area contributed by atoms with E-state index in [0.29, 0.717) is 22.9 Å². The summed E-state index contributed by atoms with van der Waals surface area (Å²) in [6.07, 6.45) is 0. The first-order valence-corrected chi connectivity index (χ1v) is 10.3. The zero-order chi connectivity index (χ0) is 21.7. The molecule has 3 aromatic rings. The second-order valence-electron chi connectivity index (χ2n) is 7.21. The molecule has 0 amide bonds. The second-order valence-corrected chi connectivity index (χ2v) is 8.13. The Morgan fingerprint density at radius 3 is 2.30 bits per heavy atom. The molecule has 0 radical (unpaired) electrons. The standard InChI is InChI=1S/C24H21BrN2O3/c1-16(2)24(23(28)29,17-11-13-18(25)14-12-17)20(15-26)21-9-6-10-22(27-21)30-19-7-4-3-5-8-19/h3-14,16,20H,1-2H3,(H,28,29). The smallest absolute Gasteiger partial charge is 0.316 e. The fourth-order valence-electron chi connectivity index (χ4n) is 3.71. The lowest BCUT2D eigenvalue weighted by Gasteiger charge is -2.37. The predicted molar refractivity (Wildman–Crippen MR) is 117 cm³/mol. The van der Waals surface area contributed by atoms with Gasteiger partial charge in [0.15, 0.2) is 0 Å². The number of nitrogens with zero attached hydrogens (tertiary/aromatic N) is 2. The second kappa shape index (κ2) is 9.10. The average Bonchev–Trinajstić information content (AvgIpc) is 2.73. The number of nitriles is 1. The molecule has 3 rings (SSSR count). The Morgan fingerprint density at radius 2 is 1.73 bits per heavy atom. The van der Waals surface area contributed by atoms with E-state index in [4.69, 9.17) is 4.74 Å². The van der Waals surface area contributed by atoms with E-state index in [1.54, 1.807) is 54.6 Å². The lowest BCUT2D eigenvalue weighted by atomic mass is 9.62. The van der Waals surface area contributed by atoms with Crippen molar-refractivity contribution in [2.75, 3.05) is 0 Å². The largest absolute Gasteiger partial charge is 0.481 e. The van der Waals surface area contributed by atoms with Crippen LogP contribution >= 0.6 is 15.9 Å². The summed E-state index contributed by atoms with van der Waals surface area (Å²) in [5, 5.41) is 20.5. The molecule has 2 atom stereocenters. The number of rotatable bonds is 7. The summed E-state index contributed by atoms with van der Waals surface area (Å²) in [7, 11) is 0. The third-order valence-corrected chi connectivity index (χ3v) is 5.71. The van der Waals surface area contributed by atoms with E-state index in [-0.39, 0.29) is 5.92 Å². The van der Waals surface area contributed by atoms with Gasteiger partial charge in [0, 0.05) is 10.5 Å². The molecule has 0 aliphatic rings. The van der Waals surface area contributed by atoms with E-state index in [9.17, 15) is 15.2 Å². The highest BCUT2D eigenvalue weighted by Crippen LogP contribution is 2.45. The third-order valence-electron chi connectivity index (χ3n) is 5.18. The van der Waals surface area contributed by atoms with Crippen molar-refractivity contribution in [2.45, 2.75) is 25.2 Å². The van der Waals surface area contributed by atoms with Crippen LogP contribution in [0.1, 0.15) is 31.0 Å². The summed E-state index contributed by atoms with van der Waals surface area (Å²) in [6.45, 7) is 3.62. The Kier molecular flexibility index (Phi) is 6.53. The van der Waals surface area contributed by atoms with Gasteiger partial charge in [-0.3, -0.25) is 4.79 Å². The highest BCUT2D eigenvalue weighted by atomic mass is 79.9. The molecule has 152 valence electrons. The average molecular weight is 465 g/mol. The fourth-order valence-corrected chi connectivity index (χ4v) is 3.98. The highest BCUT2D eigenvalue weighted by Gasteiger charge is 2.52. The maximum atomic E-state index is 12.7. The first-order valence-electron chi connectivity index (χ1n) is 9.48. The van der Waals surface area contributed by atoms with Crippen LogP contribution in [0, 0.1) is 17.2 Å². The number of benzene rings is 2. The van der Waals surface area contributed by atoms with Gasteiger partial charge >= 0.3 is 5.97 Å². The van der Waals surface area contributed by atoms with E-state index in [1.165, 1.54) is 0 Å². The summed E-state index contributed by atoms with van der Waals surface area (Å²) in [5.41, 5.74) is -0.575. The van der Waals surface area contributed by atoms with E-state index < -0.39 is 17.3 Å². The molecule has 1 heterocycles. The number of carboxylic acid groups (broad SMARTS) is 1. The summed E-state index contributed by atoms with van der Waals surface area (Å²) >= 11 is 3.39. The van der Waals surface area contributed by atoms with Crippen LogP contribution < -0.4 is 4.74 Å². The molecule has 1 aromatic heterocycles. The maximum absolute atomic E-state index is 12.7. The van der Waals surface area contributed by atoms with Crippen molar-refractivity contribution in [3.63, 3.8) is 0 Å². The molecular weight excluding hydrogens is 444 g/mol. The Balaban J connectivity index is 2.11. The van der Waals surface area contributed by atoms with Crippen LogP contribution in [0.15, 0.2) is 77.3 Å². The van der Waals surface area contributed by atoms with Crippen LogP contribution in [-0.2, 0) is 10.2 Å². The normalized spacial score (nSPS) is 13.8.